The Morgan fingerprint density at radius 3 is 2.68 bits per heavy atom. The maximum atomic E-state index is 11.1. The second-order valence-corrected chi connectivity index (χ2v) is 6.74. The molecule has 1 aromatic carbocycles. The van der Waals surface area contributed by atoms with Gasteiger partial charge in [-0.2, -0.15) is 0 Å². The number of guanidine groups is 1. The van der Waals surface area contributed by atoms with Crippen LogP contribution in [0.1, 0.15) is 35.2 Å². The van der Waals surface area contributed by atoms with Gasteiger partial charge in [-0.1, -0.05) is 17.7 Å². The number of benzene rings is 1. The fourth-order valence-electron chi connectivity index (χ4n) is 3.13. The molecule has 1 amide bonds. The summed E-state index contributed by atoms with van der Waals surface area (Å²) in [4.78, 5) is 18.1. The number of nitrogens with two attached hydrogens (primary N) is 1. The maximum Gasteiger partial charge on any atom is 0.284 e. The Balaban J connectivity index is 0.00000280. The van der Waals surface area contributed by atoms with E-state index >= 15 is 0 Å². The van der Waals surface area contributed by atoms with Gasteiger partial charge in [0, 0.05) is 31.4 Å². The molecule has 4 N–H and O–H groups in total. The van der Waals surface area contributed by atoms with Crippen LogP contribution in [0.4, 0.5) is 5.69 Å². The average Bonchev–Trinajstić information content (AvgIpc) is 3.30. The Morgan fingerprint density at radius 2 is 2.04 bits per heavy atom. The van der Waals surface area contributed by atoms with Crippen LogP contribution in [-0.4, -0.2) is 37.5 Å². The van der Waals surface area contributed by atoms with Gasteiger partial charge in [-0.3, -0.25) is 4.79 Å². The zero-order chi connectivity index (χ0) is 19.2. The van der Waals surface area contributed by atoms with Crippen LogP contribution in [0, 0.1) is 6.92 Å². The van der Waals surface area contributed by atoms with Crippen molar-refractivity contribution in [3.05, 3.63) is 53.5 Å². The van der Waals surface area contributed by atoms with Crippen LogP contribution in [0.15, 0.2) is 45.8 Å². The Kier molecular flexibility index (Phi) is 8.16. The van der Waals surface area contributed by atoms with Crippen LogP contribution in [0.25, 0.3) is 0 Å². The fraction of sp³-hybridized carbons (Fsp3) is 0.400. The molecule has 1 aliphatic heterocycles. The third-order valence-corrected chi connectivity index (χ3v) is 4.57. The minimum absolute atomic E-state index is 0. The second kappa shape index (κ2) is 10.4. The first-order valence-corrected chi connectivity index (χ1v) is 9.30. The van der Waals surface area contributed by atoms with E-state index < -0.39 is 5.91 Å². The molecule has 152 valence electrons. The van der Waals surface area contributed by atoms with Crippen LogP contribution < -0.4 is 21.3 Å². The lowest BCUT2D eigenvalue weighted by molar-refractivity contribution is 0.0972. The minimum atomic E-state index is -0.572. The van der Waals surface area contributed by atoms with Gasteiger partial charge in [0.2, 0.25) is 0 Å². The van der Waals surface area contributed by atoms with Crippen molar-refractivity contribution in [2.24, 2.45) is 10.7 Å². The van der Waals surface area contributed by atoms with Crippen molar-refractivity contribution in [2.45, 2.75) is 32.9 Å². The molecule has 1 unspecified atom stereocenters. The van der Waals surface area contributed by atoms with Crippen LogP contribution in [0.3, 0.4) is 0 Å². The first kappa shape index (κ1) is 22.1. The van der Waals surface area contributed by atoms with Gasteiger partial charge in [-0.05, 0) is 44.5 Å². The molecular weight excluding hydrogens is 469 g/mol. The van der Waals surface area contributed by atoms with E-state index in [9.17, 15) is 4.79 Å². The number of anilines is 1. The van der Waals surface area contributed by atoms with Crippen molar-refractivity contribution in [2.75, 3.05) is 24.5 Å². The quantitative estimate of drug-likeness (QED) is 0.324. The van der Waals surface area contributed by atoms with E-state index in [1.54, 1.807) is 12.1 Å². The molecule has 2 heterocycles. The summed E-state index contributed by atoms with van der Waals surface area (Å²) in [5.74, 6) is 0.930. The van der Waals surface area contributed by atoms with Crippen molar-refractivity contribution in [3.8, 4) is 0 Å². The van der Waals surface area contributed by atoms with Crippen LogP contribution in [-0.2, 0) is 6.54 Å². The van der Waals surface area contributed by atoms with Gasteiger partial charge in [0.15, 0.2) is 11.7 Å². The number of amides is 1. The number of rotatable bonds is 6. The van der Waals surface area contributed by atoms with E-state index in [-0.39, 0.29) is 29.7 Å². The van der Waals surface area contributed by atoms with Gasteiger partial charge in [-0.25, -0.2) is 4.99 Å². The van der Waals surface area contributed by atoms with Crippen molar-refractivity contribution in [3.63, 3.8) is 0 Å². The molecule has 0 radical (unpaired) electrons. The van der Waals surface area contributed by atoms with Crippen molar-refractivity contribution in [1.29, 1.82) is 0 Å². The largest absolute Gasteiger partial charge is 0.454 e. The maximum absolute atomic E-state index is 11.1. The Hall–Kier alpha value is -2.23. The highest BCUT2D eigenvalue weighted by atomic mass is 127. The number of primary amides is 1. The summed E-state index contributed by atoms with van der Waals surface area (Å²) in [6.07, 6.45) is 1.05. The number of hydrogen-bond acceptors (Lipinski definition) is 4. The highest BCUT2D eigenvalue weighted by Crippen LogP contribution is 2.20. The Morgan fingerprint density at radius 1 is 1.29 bits per heavy atom. The molecule has 7 nitrogen and oxygen atoms in total. The third-order valence-electron chi connectivity index (χ3n) is 4.57. The zero-order valence-corrected chi connectivity index (χ0v) is 18.6. The molecule has 1 atom stereocenters. The molecule has 1 saturated heterocycles. The number of hydrogen-bond donors (Lipinski definition) is 3. The second-order valence-electron chi connectivity index (χ2n) is 6.74. The van der Waals surface area contributed by atoms with Crippen LogP contribution in [0.5, 0.6) is 0 Å². The van der Waals surface area contributed by atoms with E-state index in [0.717, 1.165) is 32.0 Å². The zero-order valence-electron chi connectivity index (χ0n) is 16.3. The van der Waals surface area contributed by atoms with E-state index in [0.29, 0.717) is 18.3 Å². The van der Waals surface area contributed by atoms with Gasteiger partial charge < -0.3 is 25.7 Å². The van der Waals surface area contributed by atoms with Gasteiger partial charge in [0.25, 0.3) is 5.91 Å². The lowest BCUT2D eigenvalue weighted by Crippen LogP contribution is -2.44. The molecule has 8 heteroatoms. The standard InChI is InChI=1S/C20H27N5O2.HI/c1-3-22-20(23-12-17-8-9-18(27-17)19(21)26)24-15-10-11-25(13-15)16-6-4-14(2)5-7-16;/h4-9,15H,3,10-13H2,1-2H3,(H2,21,26)(H2,22,23,24);1H. The fourth-order valence-corrected chi connectivity index (χ4v) is 3.13. The molecule has 28 heavy (non-hydrogen) atoms. The Bertz CT molecular complexity index is 803. The van der Waals surface area contributed by atoms with Gasteiger partial charge in [0.05, 0.1) is 0 Å². The predicted molar refractivity (Wildman–Crippen MR) is 122 cm³/mol. The van der Waals surface area contributed by atoms with Crippen molar-refractivity contribution >= 4 is 41.5 Å². The molecule has 1 aliphatic rings. The molecule has 1 aromatic heterocycles. The summed E-state index contributed by atoms with van der Waals surface area (Å²) in [7, 11) is 0. The summed E-state index contributed by atoms with van der Waals surface area (Å²) in [6, 6.07) is 12.2. The van der Waals surface area contributed by atoms with E-state index in [1.807, 2.05) is 6.92 Å². The summed E-state index contributed by atoms with van der Waals surface area (Å²) in [5, 5.41) is 6.75. The molecule has 0 aliphatic carbocycles. The third kappa shape index (κ3) is 5.88. The number of nitrogens with zero attached hydrogens (tertiary/aromatic N) is 2. The SMILES string of the molecule is CCNC(=NCc1ccc(C(N)=O)o1)NC1CCN(c2ccc(C)cc2)C1.I. The lowest BCUT2D eigenvalue weighted by Gasteiger charge is -2.20. The van der Waals surface area contributed by atoms with E-state index in [4.69, 9.17) is 10.2 Å². The molecule has 0 saturated carbocycles. The van der Waals surface area contributed by atoms with E-state index in [2.05, 4.69) is 51.7 Å². The molecule has 0 spiro atoms. The topological polar surface area (TPSA) is 95.9 Å². The normalized spacial score (nSPS) is 16.6. The summed E-state index contributed by atoms with van der Waals surface area (Å²) in [5.41, 5.74) is 7.73. The predicted octanol–water partition coefficient (Wildman–Crippen LogP) is 2.64. The van der Waals surface area contributed by atoms with Gasteiger partial charge >= 0.3 is 0 Å². The molecule has 2 aromatic rings. The number of furan rings is 1. The number of halogens is 1. The monoisotopic (exact) mass is 497 g/mol. The first-order valence-electron chi connectivity index (χ1n) is 9.30. The number of nitrogens with one attached hydrogen (secondary N) is 2. The van der Waals surface area contributed by atoms with E-state index in [1.165, 1.54) is 11.3 Å². The molecular formula is C20H28IN5O2. The summed E-state index contributed by atoms with van der Waals surface area (Å²) in [6.45, 7) is 7.19. The van der Waals surface area contributed by atoms with Gasteiger partial charge in [0.1, 0.15) is 12.3 Å². The molecule has 1 fully saturated rings. The molecule has 3 rings (SSSR count). The number of aliphatic imine (C=N–C) groups is 1. The smallest absolute Gasteiger partial charge is 0.284 e. The number of carbonyl (C=O) groups is 1. The highest BCUT2D eigenvalue weighted by molar-refractivity contribution is 14.0. The number of aryl methyl sites for hydroxylation is 1. The van der Waals surface area contributed by atoms with Crippen LogP contribution >= 0.6 is 24.0 Å². The van der Waals surface area contributed by atoms with Crippen LogP contribution in [0.2, 0.25) is 0 Å². The Labute approximate surface area is 182 Å². The molecule has 0 bridgehead atoms. The van der Waals surface area contributed by atoms with Crippen molar-refractivity contribution < 1.29 is 9.21 Å². The number of carbonyl (C=O) groups excluding carboxylic acids is 1. The summed E-state index contributed by atoms with van der Waals surface area (Å²) < 4.78 is 5.38. The lowest BCUT2D eigenvalue weighted by atomic mass is 10.2. The van der Waals surface area contributed by atoms with Crippen molar-refractivity contribution in [1.82, 2.24) is 10.6 Å². The minimum Gasteiger partial charge on any atom is -0.454 e. The first-order chi connectivity index (χ1) is 13.0. The highest BCUT2D eigenvalue weighted by Gasteiger charge is 2.23. The summed E-state index contributed by atoms with van der Waals surface area (Å²) >= 11 is 0. The average molecular weight is 497 g/mol. The van der Waals surface area contributed by atoms with Gasteiger partial charge in [-0.15, -0.1) is 24.0 Å².